The minimum absolute atomic E-state index is 0.0158. The normalized spacial score (nSPS) is 18.5. The number of methoxy groups -OCH3 is 1. The van der Waals surface area contributed by atoms with Crippen molar-refractivity contribution in [2.24, 2.45) is 11.1 Å². The molecule has 200 valence electrons. The average Bonchev–Trinajstić information content (AvgIpc) is 2.83. The third-order valence-electron chi connectivity index (χ3n) is 6.67. The van der Waals surface area contributed by atoms with Gasteiger partial charge in [0.2, 0.25) is 5.88 Å². The quantitative estimate of drug-likeness (QED) is 0.450. The number of aryl methyl sites for hydroxylation is 2. The first-order chi connectivity index (χ1) is 17.9. The van der Waals surface area contributed by atoms with Gasteiger partial charge in [0.25, 0.3) is 5.91 Å². The van der Waals surface area contributed by atoms with Crippen LogP contribution >= 0.6 is 15.9 Å². The highest BCUT2D eigenvalue weighted by molar-refractivity contribution is 9.10. The van der Waals surface area contributed by atoms with Crippen LogP contribution < -0.4 is 15.8 Å². The third-order valence-corrected chi connectivity index (χ3v) is 7.16. The lowest BCUT2D eigenvalue weighted by Crippen LogP contribution is -2.35. The largest absolute Gasteiger partial charge is 0.483 e. The number of benzene rings is 2. The number of carbonyl (C=O) groups is 3. The van der Waals surface area contributed by atoms with Crippen molar-refractivity contribution in [3.63, 3.8) is 0 Å². The Hall–Kier alpha value is -3.59. The van der Waals surface area contributed by atoms with Crippen molar-refractivity contribution < 1.29 is 28.6 Å². The summed E-state index contributed by atoms with van der Waals surface area (Å²) in [4.78, 5) is 39.1. The van der Waals surface area contributed by atoms with Crippen LogP contribution in [0, 0.1) is 19.3 Å². The van der Waals surface area contributed by atoms with Crippen LogP contribution in [0.1, 0.15) is 49.3 Å². The summed E-state index contributed by atoms with van der Waals surface area (Å²) in [6, 6.07) is 11.0. The summed E-state index contributed by atoms with van der Waals surface area (Å²) in [5, 5.41) is 2.88. The predicted molar refractivity (Wildman–Crippen MR) is 146 cm³/mol. The van der Waals surface area contributed by atoms with Gasteiger partial charge >= 0.3 is 5.97 Å². The Morgan fingerprint density at radius 2 is 1.89 bits per heavy atom. The number of nitrogens with two attached hydrogens (primary N) is 1. The van der Waals surface area contributed by atoms with E-state index in [4.69, 9.17) is 19.9 Å². The van der Waals surface area contributed by atoms with Gasteiger partial charge in [0.15, 0.2) is 12.4 Å². The highest BCUT2D eigenvalue weighted by atomic mass is 79.9. The number of anilines is 1. The Kier molecular flexibility index (Phi) is 7.69. The molecular formula is C29H31BrN2O6. The molecule has 9 heteroatoms. The fraction of sp³-hybridized carbons (Fsp3) is 0.345. The van der Waals surface area contributed by atoms with Crippen LogP contribution in [-0.4, -0.2) is 31.4 Å². The van der Waals surface area contributed by atoms with Crippen molar-refractivity contribution in [1.29, 1.82) is 0 Å². The van der Waals surface area contributed by atoms with Gasteiger partial charge in [-0.3, -0.25) is 9.59 Å². The van der Waals surface area contributed by atoms with Gasteiger partial charge in [-0.2, -0.15) is 0 Å². The summed E-state index contributed by atoms with van der Waals surface area (Å²) >= 11 is 3.48. The molecule has 1 unspecified atom stereocenters. The number of ether oxygens (including phenoxy) is 3. The maximum absolute atomic E-state index is 13.4. The fourth-order valence-corrected chi connectivity index (χ4v) is 5.26. The molecule has 0 saturated carbocycles. The summed E-state index contributed by atoms with van der Waals surface area (Å²) in [5.41, 5.74) is 9.42. The van der Waals surface area contributed by atoms with Crippen LogP contribution in [0.15, 0.2) is 63.7 Å². The van der Waals surface area contributed by atoms with Gasteiger partial charge in [0.05, 0.1) is 13.0 Å². The average molecular weight is 583 g/mol. The monoisotopic (exact) mass is 582 g/mol. The van der Waals surface area contributed by atoms with E-state index in [2.05, 4.69) is 21.2 Å². The molecule has 0 spiro atoms. The molecule has 0 aromatic heterocycles. The molecule has 0 radical (unpaired) electrons. The first-order valence-electron chi connectivity index (χ1n) is 12.2. The van der Waals surface area contributed by atoms with Crippen LogP contribution in [0.25, 0.3) is 0 Å². The molecule has 2 aromatic carbocycles. The number of esters is 1. The van der Waals surface area contributed by atoms with Crippen LogP contribution in [0.2, 0.25) is 0 Å². The summed E-state index contributed by atoms with van der Waals surface area (Å²) in [6.45, 7) is 7.52. The van der Waals surface area contributed by atoms with Gasteiger partial charge in [0, 0.05) is 34.1 Å². The van der Waals surface area contributed by atoms with Crippen molar-refractivity contribution in [1.82, 2.24) is 0 Å². The Morgan fingerprint density at radius 1 is 1.16 bits per heavy atom. The summed E-state index contributed by atoms with van der Waals surface area (Å²) in [7, 11) is 1.24. The molecule has 2 aliphatic rings. The van der Waals surface area contributed by atoms with Crippen molar-refractivity contribution in [2.45, 2.75) is 46.5 Å². The van der Waals surface area contributed by atoms with E-state index in [1.807, 2.05) is 45.9 Å². The Balaban J connectivity index is 1.72. The van der Waals surface area contributed by atoms with Gasteiger partial charge < -0.3 is 25.3 Å². The highest BCUT2D eigenvalue weighted by Gasteiger charge is 2.45. The summed E-state index contributed by atoms with van der Waals surface area (Å²) in [6.07, 6.45) is 0.755. The molecule has 2 aromatic rings. The molecule has 1 atom stereocenters. The molecule has 38 heavy (non-hydrogen) atoms. The molecular weight excluding hydrogens is 552 g/mol. The van der Waals surface area contributed by atoms with E-state index >= 15 is 0 Å². The number of hydrogen-bond acceptors (Lipinski definition) is 7. The molecule has 1 amide bonds. The van der Waals surface area contributed by atoms with Crippen molar-refractivity contribution >= 4 is 39.3 Å². The van der Waals surface area contributed by atoms with Crippen LogP contribution in [0.5, 0.6) is 5.75 Å². The standard InChI is InChI=1S/C29H31BrN2O6/c1-15-6-7-16(2)19(10-15)32-23(34)14-37-21-9-8-17(30)11-18(21)24-25-20(33)12-29(3,4)13-22(25)38-27(31)26(24)28(35)36-5/h6-11,24H,12-14,31H2,1-5H3,(H,32,34). The lowest BCUT2D eigenvalue weighted by Gasteiger charge is -2.38. The van der Waals surface area contributed by atoms with Crippen molar-refractivity contribution in [3.05, 3.63) is 80.3 Å². The number of halogens is 1. The lowest BCUT2D eigenvalue weighted by molar-refractivity contribution is -0.136. The summed E-state index contributed by atoms with van der Waals surface area (Å²) in [5.74, 6) is -1.45. The van der Waals surface area contributed by atoms with Gasteiger partial charge in [-0.15, -0.1) is 0 Å². The number of allylic oxidation sites excluding steroid dienone is 2. The van der Waals surface area contributed by atoms with E-state index in [1.165, 1.54) is 7.11 Å². The first-order valence-corrected chi connectivity index (χ1v) is 13.0. The maximum atomic E-state index is 13.4. The molecule has 1 aliphatic heterocycles. The van der Waals surface area contributed by atoms with Gasteiger partial charge in [-0.05, 0) is 54.7 Å². The molecule has 0 bridgehead atoms. The molecule has 4 rings (SSSR count). The Bertz CT molecular complexity index is 1390. The lowest BCUT2D eigenvalue weighted by atomic mass is 9.70. The second kappa shape index (κ2) is 10.6. The Labute approximate surface area is 230 Å². The minimum atomic E-state index is -0.885. The van der Waals surface area contributed by atoms with Gasteiger partial charge in [-0.1, -0.05) is 41.9 Å². The summed E-state index contributed by atoms with van der Waals surface area (Å²) < 4.78 is 17.5. The second-order valence-corrected chi connectivity index (χ2v) is 11.3. The molecule has 0 fully saturated rings. The SMILES string of the molecule is COC(=O)C1=C(N)OC2=C(C(=O)CC(C)(C)C2)C1c1cc(Br)ccc1OCC(=O)Nc1cc(C)ccc1C. The minimum Gasteiger partial charge on any atom is -0.483 e. The van der Waals surface area contributed by atoms with E-state index in [-0.39, 0.29) is 41.6 Å². The van der Waals surface area contributed by atoms with Crippen molar-refractivity contribution in [2.75, 3.05) is 19.0 Å². The van der Waals surface area contributed by atoms with E-state index in [9.17, 15) is 14.4 Å². The molecule has 0 saturated heterocycles. The Morgan fingerprint density at radius 3 is 2.61 bits per heavy atom. The predicted octanol–water partition coefficient (Wildman–Crippen LogP) is 5.18. The van der Waals surface area contributed by atoms with Crippen LogP contribution in [-0.2, 0) is 23.9 Å². The van der Waals surface area contributed by atoms with Crippen LogP contribution in [0.4, 0.5) is 5.69 Å². The first kappa shape index (κ1) is 27.4. The van der Waals surface area contributed by atoms with E-state index in [0.717, 1.165) is 11.1 Å². The number of hydrogen-bond donors (Lipinski definition) is 2. The van der Waals surface area contributed by atoms with Crippen LogP contribution in [0.3, 0.4) is 0 Å². The smallest absolute Gasteiger partial charge is 0.340 e. The van der Waals surface area contributed by atoms with Gasteiger partial charge in [-0.25, -0.2) is 4.79 Å². The molecule has 1 aliphatic carbocycles. The zero-order valence-corrected chi connectivity index (χ0v) is 23.7. The number of nitrogens with one attached hydrogen (secondary N) is 1. The molecule has 8 nitrogen and oxygen atoms in total. The van der Waals surface area contributed by atoms with Gasteiger partial charge in [0.1, 0.15) is 17.1 Å². The zero-order chi connectivity index (χ0) is 27.8. The number of rotatable bonds is 6. The number of ketones is 1. The molecule has 1 heterocycles. The fourth-order valence-electron chi connectivity index (χ4n) is 4.88. The topological polar surface area (TPSA) is 117 Å². The van der Waals surface area contributed by atoms with Crippen molar-refractivity contribution in [3.8, 4) is 5.75 Å². The number of Topliss-reactive ketones (excluding diaryl/α,β-unsaturated/α-hetero) is 1. The van der Waals surface area contributed by atoms with E-state index < -0.39 is 11.9 Å². The highest BCUT2D eigenvalue weighted by Crippen LogP contribution is 2.50. The number of carbonyl (C=O) groups excluding carboxylic acids is 3. The van der Waals surface area contributed by atoms with E-state index in [1.54, 1.807) is 18.2 Å². The number of amides is 1. The van der Waals surface area contributed by atoms with E-state index in [0.29, 0.717) is 39.2 Å². The maximum Gasteiger partial charge on any atom is 0.340 e. The second-order valence-electron chi connectivity index (χ2n) is 10.4. The third kappa shape index (κ3) is 5.62. The zero-order valence-electron chi connectivity index (χ0n) is 22.1. The molecule has 3 N–H and O–H groups in total.